The fourth-order valence-electron chi connectivity index (χ4n) is 4.29. The number of rotatable bonds is 3. The Balaban J connectivity index is 1.91. The predicted molar refractivity (Wildman–Crippen MR) is 107 cm³/mol. The highest BCUT2D eigenvalue weighted by atomic mass is 16.2. The van der Waals surface area contributed by atoms with Crippen molar-refractivity contribution in [1.82, 2.24) is 9.47 Å². The van der Waals surface area contributed by atoms with Crippen LogP contribution < -0.4 is 0 Å². The maximum Gasteiger partial charge on any atom is 0.270 e. The van der Waals surface area contributed by atoms with Gasteiger partial charge in [-0.2, -0.15) is 0 Å². The maximum atomic E-state index is 13.2. The molecule has 0 bridgehead atoms. The van der Waals surface area contributed by atoms with E-state index in [0.717, 1.165) is 38.0 Å². The number of hydrogen-bond acceptors (Lipinski definition) is 1. The smallest absolute Gasteiger partial charge is 0.270 e. The Hall–Kier alpha value is -2.55. The Bertz CT molecular complexity index is 969. The van der Waals surface area contributed by atoms with E-state index in [9.17, 15) is 4.79 Å². The van der Waals surface area contributed by atoms with E-state index in [-0.39, 0.29) is 5.91 Å². The maximum absolute atomic E-state index is 13.2. The zero-order valence-electron chi connectivity index (χ0n) is 15.9. The van der Waals surface area contributed by atoms with Crippen LogP contribution in [0.4, 0.5) is 0 Å². The molecule has 1 aliphatic rings. The third kappa shape index (κ3) is 2.72. The molecule has 1 aromatic heterocycles. The third-order valence-electron chi connectivity index (χ3n) is 5.65. The molecule has 26 heavy (non-hydrogen) atoms. The second kappa shape index (κ2) is 6.64. The summed E-state index contributed by atoms with van der Waals surface area (Å²) in [6.07, 6.45) is 2.94. The van der Waals surface area contributed by atoms with E-state index >= 15 is 0 Å². The van der Waals surface area contributed by atoms with Gasteiger partial charge in [0.25, 0.3) is 5.91 Å². The summed E-state index contributed by atoms with van der Waals surface area (Å²) in [5.74, 6) is 0.167. The van der Waals surface area contributed by atoms with Gasteiger partial charge in [0.1, 0.15) is 5.69 Å². The second-order valence-electron chi connectivity index (χ2n) is 7.47. The van der Waals surface area contributed by atoms with Crippen molar-refractivity contribution in [2.24, 2.45) is 0 Å². The van der Waals surface area contributed by atoms with E-state index in [2.05, 4.69) is 54.8 Å². The van der Waals surface area contributed by atoms with Crippen molar-refractivity contribution in [3.05, 3.63) is 70.4 Å². The summed E-state index contributed by atoms with van der Waals surface area (Å²) < 4.78 is 2.30. The van der Waals surface area contributed by atoms with Crippen molar-refractivity contribution < 1.29 is 4.79 Å². The van der Waals surface area contributed by atoms with Crippen LogP contribution in [0.1, 0.15) is 39.2 Å². The minimum atomic E-state index is 0.167. The van der Waals surface area contributed by atoms with Gasteiger partial charge in [-0.15, -0.1) is 0 Å². The van der Waals surface area contributed by atoms with E-state index in [4.69, 9.17) is 0 Å². The number of fused-ring (bicyclic) bond motifs is 3. The average molecular weight is 346 g/mol. The standard InChI is InChI=1S/C23H26N2O/c1-16-11-12-17(2)21-20(16)19-10-7-14-24(3)23(26)22(19)25(21)15-13-18-8-5-4-6-9-18/h4-6,8-9,11-12H,7,10,13-15H2,1-3H3. The van der Waals surface area contributed by atoms with Crippen LogP contribution in [0, 0.1) is 13.8 Å². The van der Waals surface area contributed by atoms with Gasteiger partial charge in [0, 0.05) is 25.5 Å². The first kappa shape index (κ1) is 16.9. The number of nitrogens with zero attached hydrogens (tertiary/aromatic N) is 2. The highest BCUT2D eigenvalue weighted by Gasteiger charge is 2.28. The monoisotopic (exact) mass is 346 g/mol. The highest BCUT2D eigenvalue weighted by molar-refractivity contribution is 6.03. The number of aromatic nitrogens is 1. The van der Waals surface area contributed by atoms with Gasteiger partial charge < -0.3 is 9.47 Å². The van der Waals surface area contributed by atoms with Crippen LogP contribution in [0.5, 0.6) is 0 Å². The number of carbonyl (C=O) groups excluding carboxylic acids is 1. The first-order chi connectivity index (χ1) is 12.6. The molecular formula is C23H26N2O. The number of benzene rings is 2. The van der Waals surface area contributed by atoms with Crippen LogP contribution in [-0.2, 0) is 19.4 Å². The Morgan fingerprint density at radius 3 is 2.50 bits per heavy atom. The zero-order valence-corrected chi connectivity index (χ0v) is 15.9. The van der Waals surface area contributed by atoms with Crippen LogP contribution in [0.2, 0.25) is 0 Å². The Kier molecular flexibility index (Phi) is 4.31. The fourth-order valence-corrected chi connectivity index (χ4v) is 4.29. The molecule has 3 aromatic rings. The van der Waals surface area contributed by atoms with E-state index < -0.39 is 0 Å². The van der Waals surface area contributed by atoms with E-state index in [1.807, 2.05) is 18.0 Å². The summed E-state index contributed by atoms with van der Waals surface area (Å²) in [7, 11) is 1.93. The molecule has 0 aliphatic carbocycles. The van der Waals surface area contributed by atoms with Crippen molar-refractivity contribution in [3.8, 4) is 0 Å². The lowest BCUT2D eigenvalue weighted by Gasteiger charge is -2.17. The molecule has 3 heteroatoms. The minimum absolute atomic E-state index is 0.167. The molecule has 4 rings (SSSR count). The SMILES string of the molecule is Cc1ccc(C)c2c1c1c(n2CCc2ccccc2)C(=O)N(C)CCC1. The van der Waals surface area contributed by atoms with Gasteiger partial charge in [-0.1, -0.05) is 42.5 Å². The van der Waals surface area contributed by atoms with Crippen molar-refractivity contribution in [2.75, 3.05) is 13.6 Å². The number of aryl methyl sites for hydroxylation is 5. The largest absolute Gasteiger partial charge is 0.340 e. The van der Waals surface area contributed by atoms with Crippen molar-refractivity contribution in [2.45, 2.75) is 39.7 Å². The lowest BCUT2D eigenvalue weighted by molar-refractivity contribution is 0.0790. The summed E-state index contributed by atoms with van der Waals surface area (Å²) in [4.78, 5) is 15.0. The molecular weight excluding hydrogens is 320 g/mol. The molecule has 0 unspecified atom stereocenters. The summed E-state index contributed by atoms with van der Waals surface area (Å²) in [6.45, 7) is 6.00. The van der Waals surface area contributed by atoms with Crippen molar-refractivity contribution >= 4 is 16.8 Å². The molecule has 0 N–H and O–H groups in total. The molecule has 0 saturated carbocycles. The summed E-state index contributed by atoms with van der Waals surface area (Å²) in [5, 5.41) is 1.30. The highest BCUT2D eigenvalue weighted by Crippen LogP contribution is 2.34. The topological polar surface area (TPSA) is 25.2 Å². The summed E-state index contributed by atoms with van der Waals surface area (Å²) in [5.41, 5.74) is 7.24. The molecule has 0 spiro atoms. The number of hydrogen-bond donors (Lipinski definition) is 0. The van der Waals surface area contributed by atoms with Crippen LogP contribution in [0.25, 0.3) is 10.9 Å². The van der Waals surface area contributed by atoms with Gasteiger partial charge in [-0.3, -0.25) is 4.79 Å². The van der Waals surface area contributed by atoms with Gasteiger partial charge in [0.05, 0.1) is 5.52 Å². The van der Waals surface area contributed by atoms with E-state index in [1.54, 1.807) is 0 Å². The van der Waals surface area contributed by atoms with Gasteiger partial charge in [-0.25, -0.2) is 0 Å². The first-order valence-corrected chi connectivity index (χ1v) is 9.48. The van der Waals surface area contributed by atoms with Crippen LogP contribution in [-0.4, -0.2) is 29.0 Å². The number of carbonyl (C=O) groups is 1. The molecule has 134 valence electrons. The molecule has 1 amide bonds. The number of amides is 1. The molecule has 0 atom stereocenters. The third-order valence-corrected chi connectivity index (χ3v) is 5.65. The first-order valence-electron chi connectivity index (χ1n) is 9.48. The van der Waals surface area contributed by atoms with Gasteiger partial charge >= 0.3 is 0 Å². The Morgan fingerprint density at radius 1 is 1.00 bits per heavy atom. The molecule has 0 radical (unpaired) electrons. The van der Waals surface area contributed by atoms with Crippen LogP contribution >= 0.6 is 0 Å². The molecule has 0 saturated heterocycles. The Morgan fingerprint density at radius 2 is 1.73 bits per heavy atom. The Labute approximate surface area is 155 Å². The zero-order chi connectivity index (χ0) is 18.3. The van der Waals surface area contributed by atoms with Gasteiger partial charge in [0.15, 0.2) is 0 Å². The summed E-state index contributed by atoms with van der Waals surface area (Å²) in [6, 6.07) is 14.9. The van der Waals surface area contributed by atoms with Crippen molar-refractivity contribution in [3.63, 3.8) is 0 Å². The quantitative estimate of drug-likeness (QED) is 0.684. The minimum Gasteiger partial charge on any atom is -0.340 e. The molecule has 1 aliphatic heterocycles. The fraction of sp³-hybridized carbons (Fsp3) is 0.348. The normalized spacial score (nSPS) is 14.6. The van der Waals surface area contributed by atoms with Gasteiger partial charge in [-0.05, 0) is 55.4 Å². The van der Waals surface area contributed by atoms with E-state index in [1.165, 1.54) is 33.2 Å². The molecule has 2 aromatic carbocycles. The predicted octanol–water partition coefficient (Wildman–Crippen LogP) is 4.52. The second-order valence-corrected chi connectivity index (χ2v) is 7.47. The molecule has 0 fully saturated rings. The van der Waals surface area contributed by atoms with Crippen LogP contribution in [0.3, 0.4) is 0 Å². The molecule has 3 nitrogen and oxygen atoms in total. The van der Waals surface area contributed by atoms with Gasteiger partial charge in [0.2, 0.25) is 0 Å². The summed E-state index contributed by atoms with van der Waals surface area (Å²) >= 11 is 0. The van der Waals surface area contributed by atoms with Crippen LogP contribution in [0.15, 0.2) is 42.5 Å². The lowest BCUT2D eigenvalue weighted by atomic mass is 10.0. The van der Waals surface area contributed by atoms with E-state index in [0.29, 0.717) is 0 Å². The van der Waals surface area contributed by atoms with Crippen molar-refractivity contribution in [1.29, 1.82) is 0 Å². The molecule has 2 heterocycles. The average Bonchev–Trinajstić information content (AvgIpc) is 2.91. The lowest BCUT2D eigenvalue weighted by Crippen LogP contribution is -2.28.